The molecule has 0 spiro atoms. The first kappa shape index (κ1) is 114. The maximum absolute atomic E-state index is 14.1. The molecule has 0 saturated heterocycles. The van der Waals surface area contributed by atoms with Crippen LogP contribution in [-0.2, 0) is 73.1 Å². The van der Waals surface area contributed by atoms with E-state index in [9.17, 15) is 158 Å². The summed E-state index contributed by atoms with van der Waals surface area (Å²) in [6.07, 6.45) is -19.6. The number of methoxy groups -OCH3 is 2. The van der Waals surface area contributed by atoms with Gasteiger partial charge in [-0.25, -0.2) is 123 Å². The Morgan fingerprint density at radius 3 is 0.844 bits per heavy atom. The summed E-state index contributed by atoms with van der Waals surface area (Å²) in [5.41, 5.74) is -4.76. The molecule has 12 aromatic rings. The first-order valence-electron chi connectivity index (χ1n) is 36.4. The van der Waals surface area contributed by atoms with Crippen molar-refractivity contribution >= 4 is 76.2 Å². The van der Waals surface area contributed by atoms with Crippen molar-refractivity contribution in [2.75, 3.05) is 20.0 Å². The van der Waals surface area contributed by atoms with Gasteiger partial charge >= 0.3 is 54.8 Å². The molecule has 12 N–H and O–H groups in total. The van der Waals surface area contributed by atoms with Crippen LogP contribution in [0, 0.1) is 69.5 Å². The van der Waals surface area contributed by atoms with Gasteiger partial charge in [-0.2, -0.15) is 76.2 Å². The van der Waals surface area contributed by atoms with Crippen LogP contribution in [0.3, 0.4) is 0 Å². The molecular formula is C80H57F25N22O14. The average Bonchev–Trinajstić information content (AvgIpc) is 1.67. The molecule has 0 unspecified atom stereocenters. The number of carbonyl (C=O) groups excluding carboxylic acids is 8. The predicted molar refractivity (Wildman–Crippen MR) is 422 cm³/mol. The van der Waals surface area contributed by atoms with E-state index in [4.69, 9.17) is 26.9 Å². The van der Waals surface area contributed by atoms with E-state index in [1.807, 2.05) is 0 Å². The molecule has 7 heterocycles. The number of aromatic nitrogens is 14. The van der Waals surface area contributed by atoms with Gasteiger partial charge in [0.25, 0.3) is 35.4 Å². The Labute approximate surface area is 768 Å². The summed E-state index contributed by atoms with van der Waals surface area (Å²) < 4.78 is 333. The zero-order valence-corrected chi connectivity index (χ0v) is 68.3. The largest absolute Gasteiger partial charge is 0.476 e. The molecule has 36 nitrogen and oxygen atoms in total. The highest BCUT2D eigenvalue weighted by atomic mass is 19.4. The van der Waals surface area contributed by atoms with Gasteiger partial charge in [0, 0.05) is 32.7 Å². The van der Waals surface area contributed by atoms with Gasteiger partial charge in [0.05, 0.1) is 42.0 Å². The van der Waals surface area contributed by atoms with Gasteiger partial charge in [-0.15, -0.1) is 0 Å². The van der Waals surface area contributed by atoms with Crippen molar-refractivity contribution in [1.82, 2.24) is 96.6 Å². The quantitative estimate of drug-likeness (QED) is 0.0250. The molecule has 12 rings (SSSR count). The minimum atomic E-state index is -4.92. The molecule has 0 saturated carbocycles. The maximum Gasteiger partial charge on any atom is 0.419 e. The fraction of sp³-hybridized carbons (Fsp3) is 0.175. The molecule has 0 bridgehead atoms. The first-order valence-corrected chi connectivity index (χ1v) is 36.4. The number of carboxylic acid groups (broad SMARTS) is 2. The van der Waals surface area contributed by atoms with Crippen LogP contribution < -0.4 is 38.1 Å². The molecule has 0 fully saturated rings. The van der Waals surface area contributed by atoms with E-state index in [2.05, 4.69) is 106 Å². The van der Waals surface area contributed by atoms with Crippen LogP contribution in [-0.4, -0.2) is 154 Å². The number of alkyl halides is 15. The monoisotopic (exact) mass is 2020 g/mol. The van der Waals surface area contributed by atoms with Gasteiger partial charge in [0.1, 0.15) is 84.2 Å². The smallest absolute Gasteiger partial charge is 0.419 e. The van der Waals surface area contributed by atoms with Crippen molar-refractivity contribution in [3.8, 4) is 6.07 Å². The molecule has 5 aromatic carbocycles. The van der Waals surface area contributed by atoms with Crippen LogP contribution in [0.4, 0.5) is 116 Å². The zero-order chi connectivity index (χ0) is 104. The molecule has 0 atom stereocenters. The summed E-state index contributed by atoms with van der Waals surface area (Å²) in [6.45, 7) is -2.09. The van der Waals surface area contributed by atoms with Crippen molar-refractivity contribution in [2.45, 2.75) is 78.5 Å². The Hall–Kier alpha value is -17.7. The van der Waals surface area contributed by atoms with Crippen molar-refractivity contribution in [3.05, 3.63) is 305 Å². The molecule has 6 amide bonds. The third-order valence-electron chi connectivity index (χ3n) is 16.8. The number of nitrogen functional groups attached to an aromatic ring is 1. The number of ether oxygens (including phenoxy) is 2. The highest BCUT2D eigenvalue weighted by Gasteiger charge is 2.40. The number of primary amides is 1. The standard InChI is InChI=1S/C15H10F5N3O3.C14H9F5N4O2.C14H7F5N4O.C14H8F5N3O3.C14H10F4N6O.C7H5FN2O4.2CH4/c1-26-14(25)12-10(17)11(22-6-23-12)13(24)21-5-7-2-3-9(16)8(4-7)15(18,19)20;15-8-2-1-6(3-7(8)14(17,18)19)4-21-13(25)11-9(16)10(12(20)24)22-5-23-11;15-9-2-1-7(3-8(9)14(17,18)19)5-21-13(24)12-11(16)10(4-20)22-6-23-12;15-8-2-1-6(3-7(8)14(17,18)19)4-20-12(23)10-9(16)11(13(24)25)22-5-21-10;15-8-2-1-6(3-7(8)14(16,17)18)4-20-13(25)11-9-10(21-5-22-11)12(19)24-23-9;1-14-7(13)5-3(8)4(6(11)12)9-2-10-5;;/h2-4,6H,5H2,1H3,(H,21,24);1-3,5H,4H2,(H2,20,24)(H,21,25);1-3,6H,5H2,(H,21,24);1-3,5H,4H2,(H,20,23)(H,24,25);1-3,5H,4H2,(H,20,25)(H3,19,23,24);2H,1H3,(H,11,12);2*1H4. The summed E-state index contributed by atoms with van der Waals surface area (Å²) in [5.74, 6) is -25.7. The average molecular weight is 2030 g/mol. The van der Waals surface area contributed by atoms with Crippen LogP contribution in [0.1, 0.15) is 181 Å². The van der Waals surface area contributed by atoms with Crippen molar-refractivity contribution in [3.63, 3.8) is 0 Å². The minimum Gasteiger partial charge on any atom is -0.476 e. The lowest BCUT2D eigenvalue weighted by atomic mass is 10.1. The summed E-state index contributed by atoms with van der Waals surface area (Å²) in [7, 11) is 2.01. The Bertz CT molecular complexity index is 6590. The first-order chi connectivity index (χ1) is 64.9. The fourth-order valence-corrected chi connectivity index (χ4v) is 10.4. The number of carbonyl (C=O) groups is 10. The number of nitriles is 1. The molecule has 0 aliphatic carbocycles. The Morgan fingerprint density at radius 2 is 0.574 bits per heavy atom. The summed E-state index contributed by atoms with van der Waals surface area (Å²) in [5, 5.41) is 42.9. The number of hydrogen-bond acceptors (Lipinski definition) is 27. The highest BCUT2D eigenvalue weighted by molar-refractivity contribution is 6.05. The van der Waals surface area contributed by atoms with Crippen LogP contribution in [0.25, 0.3) is 11.0 Å². The second-order valence-electron chi connectivity index (χ2n) is 26.0. The van der Waals surface area contributed by atoms with E-state index in [-0.39, 0.29) is 71.8 Å². The van der Waals surface area contributed by atoms with Crippen molar-refractivity contribution in [1.29, 1.82) is 5.26 Å². The van der Waals surface area contributed by atoms with E-state index < -0.39 is 259 Å². The number of hydrogen-bond donors (Lipinski definition) is 10. The Balaban J connectivity index is 0.000000300. The number of aromatic amines is 1. The van der Waals surface area contributed by atoms with E-state index in [1.54, 1.807) is 0 Å². The Kier molecular flexibility index (Phi) is 39.3. The summed E-state index contributed by atoms with van der Waals surface area (Å²) in [6, 6.07) is 12.5. The molecule has 746 valence electrons. The number of carboxylic acids is 2. The molecule has 141 heavy (non-hydrogen) atoms. The van der Waals surface area contributed by atoms with Crippen LogP contribution in [0.15, 0.2) is 129 Å². The molecule has 7 aromatic heterocycles. The van der Waals surface area contributed by atoms with E-state index >= 15 is 0 Å². The molecule has 61 heteroatoms. The topological polar surface area (TPSA) is 549 Å². The molecule has 0 aliphatic rings. The van der Waals surface area contributed by atoms with Gasteiger partial charge in [-0.1, -0.05) is 45.2 Å². The summed E-state index contributed by atoms with van der Waals surface area (Å²) >= 11 is 0. The highest BCUT2D eigenvalue weighted by Crippen LogP contribution is 2.37. The number of nitrogens with zero attached hydrogens (tertiary/aromatic N) is 14. The number of esters is 2. The van der Waals surface area contributed by atoms with Crippen molar-refractivity contribution in [2.24, 2.45) is 5.73 Å². The number of halogens is 25. The number of nitrogens with one attached hydrogen (secondary N) is 6. The number of H-pyrrole nitrogens is 1. The second kappa shape index (κ2) is 48.7. The number of rotatable bonds is 20. The van der Waals surface area contributed by atoms with Crippen molar-refractivity contribution < 1.29 is 177 Å². The zero-order valence-electron chi connectivity index (χ0n) is 68.3. The van der Waals surface area contributed by atoms with E-state index in [0.29, 0.717) is 67.0 Å². The molecule has 0 aliphatic heterocycles. The van der Waals surface area contributed by atoms with Gasteiger partial charge in [-0.3, -0.25) is 33.9 Å². The van der Waals surface area contributed by atoms with Gasteiger partial charge in [0.15, 0.2) is 97.5 Å². The van der Waals surface area contributed by atoms with Crippen LogP contribution in [0.5, 0.6) is 0 Å². The van der Waals surface area contributed by atoms with Crippen LogP contribution in [0.2, 0.25) is 0 Å². The van der Waals surface area contributed by atoms with Gasteiger partial charge in [-0.05, 0) is 88.5 Å². The lowest BCUT2D eigenvalue weighted by Gasteiger charge is -2.11. The van der Waals surface area contributed by atoms with Crippen LogP contribution >= 0.6 is 0 Å². The van der Waals surface area contributed by atoms with E-state index in [1.165, 1.54) is 6.07 Å². The molecular weight excluding hydrogens is 1970 g/mol. The number of anilines is 1. The minimum absolute atomic E-state index is 0. The maximum atomic E-state index is 14.1. The number of fused-ring (bicyclic) bond motifs is 1. The SMILES string of the molecule is C.C.COC(=O)c1ncnc(C(=O)NCc2ccc(F)c(C(F)(F)F)c2)c1F.COC(=O)c1ncnc(C(=O)O)c1F.N#Cc1ncnc(C(=O)NCc2ccc(F)c(C(F)(F)F)c2)c1F.NC(=O)c1ncnc(C(=O)NCc2ccc(F)c(C(F)(F)F)c2)c1F.Nc1n[nH]c2c(C(=O)NCc3ccc(F)c(C(F)(F)F)c3)ncnc12.O=C(O)c1ncnc(C(=O)NCc2ccc(F)c(C(F)(F)F)c2)c1F. The third kappa shape index (κ3) is 30.4. The lowest BCUT2D eigenvalue weighted by Crippen LogP contribution is -2.27. The number of amides is 6. The third-order valence-corrected chi connectivity index (χ3v) is 16.8. The van der Waals surface area contributed by atoms with Gasteiger partial charge in [0.2, 0.25) is 0 Å². The predicted octanol–water partition coefficient (Wildman–Crippen LogP) is 12.7. The fourth-order valence-electron chi connectivity index (χ4n) is 10.4. The normalized spacial score (nSPS) is 10.9. The number of aromatic carboxylic acids is 2. The number of nitrogens with two attached hydrogens (primary N) is 2. The number of benzene rings is 5. The van der Waals surface area contributed by atoms with E-state index in [0.717, 1.165) is 76.2 Å². The van der Waals surface area contributed by atoms with Gasteiger partial charge < -0.3 is 57.7 Å². The lowest BCUT2D eigenvalue weighted by molar-refractivity contribution is -0.140. The molecule has 0 radical (unpaired) electrons. The summed E-state index contributed by atoms with van der Waals surface area (Å²) in [4.78, 5) is 155. The second-order valence-corrected chi connectivity index (χ2v) is 26.0. The Morgan fingerprint density at radius 1 is 0.348 bits per heavy atom.